The molecule has 0 amide bonds. The first kappa shape index (κ1) is 9.62. The standard InChI is InChI=1S/C11H15FN2/c12-10-3-1-2-9(6-10)7-14-11-4-5-13-8-11/h1-3,6,11,13-14H,4-5,7-8H2/t11-/m1/s1. The first-order chi connectivity index (χ1) is 6.84. The maximum atomic E-state index is 12.8. The normalized spacial score (nSPS) is 21.4. The number of hydrogen-bond acceptors (Lipinski definition) is 2. The Morgan fingerprint density at radius 2 is 2.43 bits per heavy atom. The van der Waals surface area contributed by atoms with Gasteiger partial charge < -0.3 is 10.6 Å². The summed E-state index contributed by atoms with van der Waals surface area (Å²) >= 11 is 0. The molecule has 1 fully saturated rings. The third kappa shape index (κ3) is 2.53. The summed E-state index contributed by atoms with van der Waals surface area (Å²) in [7, 11) is 0. The van der Waals surface area contributed by atoms with Gasteiger partial charge in [-0.3, -0.25) is 0 Å². The van der Waals surface area contributed by atoms with Crippen LogP contribution in [0.5, 0.6) is 0 Å². The Hall–Kier alpha value is -0.930. The Bertz CT molecular complexity index is 295. The third-order valence-electron chi connectivity index (χ3n) is 2.54. The van der Waals surface area contributed by atoms with Crippen molar-refractivity contribution < 1.29 is 4.39 Å². The molecule has 14 heavy (non-hydrogen) atoms. The van der Waals surface area contributed by atoms with Crippen LogP contribution in [0.3, 0.4) is 0 Å². The highest BCUT2D eigenvalue weighted by molar-refractivity contribution is 5.16. The van der Waals surface area contributed by atoms with Crippen molar-refractivity contribution in [1.82, 2.24) is 10.6 Å². The zero-order valence-electron chi connectivity index (χ0n) is 8.09. The van der Waals surface area contributed by atoms with Gasteiger partial charge in [-0.25, -0.2) is 4.39 Å². The van der Waals surface area contributed by atoms with E-state index >= 15 is 0 Å². The molecule has 1 heterocycles. The average Bonchev–Trinajstić information content (AvgIpc) is 2.67. The zero-order valence-corrected chi connectivity index (χ0v) is 8.09. The van der Waals surface area contributed by atoms with Crippen LogP contribution in [-0.4, -0.2) is 19.1 Å². The van der Waals surface area contributed by atoms with E-state index in [0.29, 0.717) is 6.04 Å². The van der Waals surface area contributed by atoms with Gasteiger partial charge in [-0.05, 0) is 30.7 Å². The summed E-state index contributed by atoms with van der Waals surface area (Å²) in [5.74, 6) is -0.158. The topological polar surface area (TPSA) is 24.1 Å². The van der Waals surface area contributed by atoms with Gasteiger partial charge in [-0.1, -0.05) is 12.1 Å². The molecule has 0 aromatic heterocycles. The molecule has 3 heteroatoms. The highest BCUT2D eigenvalue weighted by Crippen LogP contribution is 2.04. The molecule has 1 saturated heterocycles. The summed E-state index contributed by atoms with van der Waals surface area (Å²) in [6, 6.07) is 7.28. The Balaban J connectivity index is 1.85. The number of benzene rings is 1. The molecule has 0 saturated carbocycles. The summed E-state index contributed by atoms with van der Waals surface area (Å²) in [6.45, 7) is 2.86. The lowest BCUT2D eigenvalue weighted by molar-refractivity contribution is 0.544. The maximum absolute atomic E-state index is 12.8. The van der Waals surface area contributed by atoms with Gasteiger partial charge in [-0.2, -0.15) is 0 Å². The Kier molecular flexibility index (Phi) is 3.11. The van der Waals surface area contributed by atoms with Crippen molar-refractivity contribution in [3.05, 3.63) is 35.6 Å². The third-order valence-corrected chi connectivity index (χ3v) is 2.54. The van der Waals surface area contributed by atoms with Gasteiger partial charge in [0.15, 0.2) is 0 Å². The summed E-state index contributed by atoms with van der Waals surface area (Å²) in [4.78, 5) is 0. The lowest BCUT2D eigenvalue weighted by Gasteiger charge is -2.10. The summed E-state index contributed by atoms with van der Waals surface area (Å²) in [6.07, 6.45) is 1.16. The Morgan fingerprint density at radius 1 is 1.50 bits per heavy atom. The SMILES string of the molecule is Fc1cccc(CN[C@@H]2CCNC2)c1. The molecule has 0 radical (unpaired) electrons. The molecule has 0 bridgehead atoms. The molecule has 2 nitrogen and oxygen atoms in total. The van der Waals surface area contributed by atoms with E-state index in [1.54, 1.807) is 12.1 Å². The number of nitrogens with one attached hydrogen (secondary N) is 2. The van der Waals surface area contributed by atoms with E-state index in [9.17, 15) is 4.39 Å². The van der Waals surface area contributed by atoms with Crippen molar-refractivity contribution >= 4 is 0 Å². The second-order valence-corrected chi connectivity index (χ2v) is 3.70. The van der Waals surface area contributed by atoms with E-state index in [4.69, 9.17) is 0 Å². The van der Waals surface area contributed by atoms with E-state index in [1.165, 1.54) is 6.07 Å². The molecule has 0 unspecified atom stereocenters. The monoisotopic (exact) mass is 194 g/mol. The average molecular weight is 194 g/mol. The minimum absolute atomic E-state index is 0.158. The van der Waals surface area contributed by atoms with Crippen molar-refractivity contribution in [2.45, 2.75) is 19.0 Å². The Labute approximate surface area is 83.5 Å². The molecule has 1 aliphatic heterocycles. The molecular weight excluding hydrogens is 179 g/mol. The molecule has 1 aliphatic rings. The minimum Gasteiger partial charge on any atom is -0.315 e. The van der Waals surface area contributed by atoms with Gasteiger partial charge in [0, 0.05) is 19.1 Å². The first-order valence-electron chi connectivity index (χ1n) is 5.03. The highest BCUT2D eigenvalue weighted by Gasteiger charge is 2.12. The fourth-order valence-electron chi connectivity index (χ4n) is 1.74. The molecule has 1 atom stereocenters. The lowest BCUT2D eigenvalue weighted by Crippen LogP contribution is -2.30. The van der Waals surface area contributed by atoms with Crippen molar-refractivity contribution in [3.8, 4) is 0 Å². The smallest absolute Gasteiger partial charge is 0.123 e. The van der Waals surface area contributed by atoms with E-state index in [2.05, 4.69) is 10.6 Å². The number of halogens is 1. The van der Waals surface area contributed by atoms with Gasteiger partial charge in [0.05, 0.1) is 0 Å². The van der Waals surface area contributed by atoms with Crippen LogP contribution in [0.25, 0.3) is 0 Å². The van der Waals surface area contributed by atoms with E-state index < -0.39 is 0 Å². The van der Waals surface area contributed by atoms with Crippen LogP contribution >= 0.6 is 0 Å². The maximum Gasteiger partial charge on any atom is 0.123 e. The fraction of sp³-hybridized carbons (Fsp3) is 0.455. The lowest BCUT2D eigenvalue weighted by atomic mass is 10.2. The first-order valence-corrected chi connectivity index (χ1v) is 5.03. The van der Waals surface area contributed by atoms with Gasteiger partial charge in [0.25, 0.3) is 0 Å². The number of hydrogen-bond donors (Lipinski definition) is 2. The predicted molar refractivity (Wildman–Crippen MR) is 54.5 cm³/mol. The molecule has 2 N–H and O–H groups in total. The van der Waals surface area contributed by atoms with Crippen molar-refractivity contribution in [2.75, 3.05) is 13.1 Å². The van der Waals surface area contributed by atoms with Gasteiger partial charge >= 0.3 is 0 Å². The van der Waals surface area contributed by atoms with Crippen LogP contribution in [0.15, 0.2) is 24.3 Å². The second kappa shape index (κ2) is 4.53. The van der Waals surface area contributed by atoms with Crippen molar-refractivity contribution in [1.29, 1.82) is 0 Å². The summed E-state index contributed by atoms with van der Waals surface area (Å²) in [5, 5.41) is 6.68. The van der Waals surface area contributed by atoms with E-state index in [-0.39, 0.29) is 5.82 Å². The van der Waals surface area contributed by atoms with Gasteiger partial charge in [0.1, 0.15) is 5.82 Å². The molecule has 1 aromatic rings. The molecule has 76 valence electrons. The number of rotatable bonds is 3. The van der Waals surface area contributed by atoms with E-state index in [0.717, 1.165) is 31.6 Å². The molecule has 0 aliphatic carbocycles. The molecule has 2 rings (SSSR count). The zero-order chi connectivity index (χ0) is 9.80. The summed E-state index contributed by atoms with van der Waals surface area (Å²) in [5.41, 5.74) is 1.01. The molecule has 0 spiro atoms. The van der Waals surface area contributed by atoms with Crippen LogP contribution in [0.2, 0.25) is 0 Å². The van der Waals surface area contributed by atoms with Gasteiger partial charge in [-0.15, -0.1) is 0 Å². The van der Waals surface area contributed by atoms with Crippen LogP contribution in [-0.2, 0) is 6.54 Å². The molecule has 1 aromatic carbocycles. The molecular formula is C11H15FN2. The van der Waals surface area contributed by atoms with E-state index in [1.807, 2.05) is 6.07 Å². The van der Waals surface area contributed by atoms with Crippen LogP contribution < -0.4 is 10.6 Å². The predicted octanol–water partition coefficient (Wildman–Crippen LogP) is 1.28. The second-order valence-electron chi connectivity index (χ2n) is 3.70. The summed E-state index contributed by atoms with van der Waals surface area (Å²) < 4.78 is 12.8. The van der Waals surface area contributed by atoms with Crippen LogP contribution in [0.4, 0.5) is 4.39 Å². The quantitative estimate of drug-likeness (QED) is 0.757. The fourth-order valence-corrected chi connectivity index (χ4v) is 1.74. The minimum atomic E-state index is -0.158. The largest absolute Gasteiger partial charge is 0.315 e. The van der Waals surface area contributed by atoms with Crippen molar-refractivity contribution in [2.24, 2.45) is 0 Å². The van der Waals surface area contributed by atoms with Gasteiger partial charge in [0.2, 0.25) is 0 Å². The van der Waals surface area contributed by atoms with Crippen molar-refractivity contribution in [3.63, 3.8) is 0 Å². The van der Waals surface area contributed by atoms with Crippen LogP contribution in [0.1, 0.15) is 12.0 Å². The Morgan fingerprint density at radius 3 is 3.14 bits per heavy atom. The highest BCUT2D eigenvalue weighted by atomic mass is 19.1. The van der Waals surface area contributed by atoms with Crippen LogP contribution in [0, 0.1) is 5.82 Å².